The number of ether oxygens (including phenoxy) is 1. The minimum absolute atomic E-state index is 0.0125. The normalized spacial score (nSPS) is 22.6. The molecule has 0 spiro atoms. The average Bonchev–Trinajstić information content (AvgIpc) is 3.08. The van der Waals surface area contributed by atoms with Gasteiger partial charge in [-0.05, 0) is 25.0 Å². The Kier molecular flexibility index (Phi) is 3.13. The number of hydrogen-bond acceptors (Lipinski definition) is 3. The third-order valence-electron chi connectivity index (χ3n) is 4.40. The van der Waals surface area contributed by atoms with Crippen molar-refractivity contribution in [3.63, 3.8) is 0 Å². The SMILES string of the molecule is Cc1cn2c(n1)CC[C@H](NC(=O)[C@@H]1Cc3ccccc3O1)C2. The molecule has 2 atom stereocenters. The van der Waals surface area contributed by atoms with Crippen LogP contribution in [0.4, 0.5) is 0 Å². The molecule has 1 aromatic carbocycles. The van der Waals surface area contributed by atoms with E-state index in [2.05, 4.69) is 21.1 Å². The summed E-state index contributed by atoms with van der Waals surface area (Å²) in [5, 5.41) is 3.13. The zero-order valence-electron chi connectivity index (χ0n) is 12.6. The van der Waals surface area contributed by atoms with Crippen molar-refractivity contribution in [3.05, 3.63) is 47.5 Å². The van der Waals surface area contributed by atoms with E-state index in [1.165, 1.54) is 0 Å². The van der Waals surface area contributed by atoms with Crippen LogP contribution in [0.5, 0.6) is 5.75 Å². The van der Waals surface area contributed by atoms with Gasteiger partial charge < -0.3 is 14.6 Å². The summed E-state index contributed by atoms with van der Waals surface area (Å²) in [6.07, 6.45) is 4.15. The first-order chi connectivity index (χ1) is 10.7. The minimum atomic E-state index is -0.400. The van der Waals surface area contributed by atoms with Gasteiger partial charge in [-0.1, -0.05) is 18.2 Å². The number of fused-ring (bicyclic) bond motifs is 2. The second-order valence-electron chi connectivity index (χ2n) is 6.11. The average molecular weight is 297 g/mol. The van der Waals surface area contributed by atoms with Gasteiger partial charge in [0.05, 0.1) is 5.69 Å². The molecule has 3 heterocycles. The van der Waals surface area contributed by atoms with Crippen LogP contribution in [0.1, 0.15) is 23.5 Å². The Morgan fingerprint density at radius 1 is 1.41 bits per heavy atom. The Morgan fingerprint density at radius 2 is 2.27 bits per heavy atom. The quantitative estimate of drug-likeness (QED) is 0.916. The largest absolute Gasteiger partial charge is 0.480 e. The van der Waals surface area contributed by atoms with Crippen molar-refractivity contribution in [2.45, 2.75) is 44.9 Å². The van der Waals surface area contributed by atoms with E-state index in [9.17, 15) is 4.79 Å². The number of aromatic nitrogens is 2. The molecule has 0 unspecified atom stereocenters. The summed E-state index contributed by atoms with van der Waals surface area (Å²) in [7, 11) is 0. The molecule has 1 aromatic heterocycles. The van der Waals surface area contributed by atoms with Gasteiger partial charge in [-0.3, -0.25) is 4.79 Å². The standard InChI is InChI=1S/C17H19N3O2/c1-11-9-20-10-13(6-7-16(20)18-11)19-17(21)15-8-12-4-2-3-5-14(12)22-15/h2-5,9,13,15H,6-8,10H2,1H3,(H,19,21)/t13-,15-/m0/s1. The number of hydrogen-bond donors (Lipinski definition) is 1. The number of imidazole rings is 1. The molecule has 0 aliphatic carbocycles. The third kappa shape index (κ3) is 2.36. The molecule has 1 N–H and O–H groups in total. The molecule has 2 aliphatic heterocycles. The molecule has 5 nitrogen and oxygen atoms in total. The Morgan fingerprint density at radius 3 is 3.14 bits per heavy atom. The zero-order chi connectivity index (χ0) is 15.1. The second-order valence-corrected chi connectivity index (χ2v) is 6.11. The van der Waals surface area contributed by atoms with Crippen LogP contribution in [0.2, 0.25) is 0 Å². The maximum Gasteiger partial charge on any atom is 0.261 e. The van der Waals surface area contributed by atoms with E-state index in [1.807, 2.05) is 31.2 Å². The predicted molar refractivity (Wildman–Crippen MR) is 81.8 cm³/mol. The Bertz CT molecular complexity index is 697. The smallest absolute Gasteiger partial charge is 0.261 e. The van der Waals surface area contributed by atoms with Gasteiger partial charge >= 0.3 is 0 Å². The molecule has 4 rings (SSSR count). The monoisotopic (exact) mass is 297 g/mol. The van der Waals surface area contributed by atoms with Gasteiger partial charge in [-0.2, -0.15) is 0 Å². The molecule has 0 bridgehead atoms. The van der Waals surface area contributed by atoms with Crippen LogP contribution in [0.15, 0.2) is 30.5 Å². The van der Waals surface area contributed by atoms with Gasteiger partial charge in [-0.25, -0.2) is 4.98 Å². The second kappa shape index (κ2) is 5.16. The van der Waals surface area contributed by atoms with Crippen molar-refractivity contribution < 1.29 is 9.53 Å². The summed E-state index contributed by atoms with van der Waals surface area (Å²) in [5.74, 6) is 1.94. The maximum atomic E-state index is 12.4. The van der Waals surface area contributed by atoms with E-state index >= 15 is 0 Å². The molecule has 22 heavy (non-hydrogen) atoms. The summed E-state index contributed by atoms with van der Waals surface area (Å²) >= 11 is 0. The van der Waals surface area contributed by atoms with Gasteiger partial charge in [0.1, 0.15) is 11.6 Å². The third-order valence-corrected chi connectivity index (χ3v) is 4.40. The number of carbonyl (C=O) groups excluding carboxylic acids is 1. The number of benzene rings is 1. The predicted octanol–water partition coefficient (Wildman–Crippen LogP) is 1.63. The van der Waals surface area contributed by atoms with Crippen LogP contribution in [-0.4, -0.2) is 27.6 Å². The fourth-order valence-corrected chi connectivity index (χ4v) is 3.33. The highest BCUT2D eigenvalue weighted by Crippen LogP contribution is 2.28. The van der Waals surface area contributed by atoms with Crippen LogP contribution in [0.3, 0.4) is 0 Å². The van der Waals surface area contributed by atoms with E-state index in [1.54, 1.807) is 0 Å². The molecule has 2 aliphatic rings. The highest BCUT2D eigenvalue weighted by atomic mass is 16.5. The Labute approximate surface area is 129 Å². The molecule has 1 amide bonds. The molecule has 0 fully saturated rings. The first kappa shape index (κ1) is 13.4. The first-order valence-electron chi connectivity index (χ1n) is 7.76. The van der Waals surface area contributed by atoms with Gasteiger partial charge in [-0.15, -0.1) is 0 Å². The fourth-order valence-electron chi connectivity index (χ4n) is 3.33. The number of nitrogens with one attached hydrogen (secondary N) is 1. The summed E-state index contributed by atoms with van der Waals surface area (Å²) in [5.41, 5.74) is 2.15. The highest BCUT2D eigenvalue weighted by molar-refractivity contribution is 5.82. The van der Waals surface area contributed by atoms with Gasteiger partial charge in [0.15, 0.2) is 6.10 Å². The zero-order valence-corrected chi connectivity index (χ0v) is 12.6. The number of para-hydroxylation sites is 1. The molecular formula is C17H19N3O2. The number of rotatable bonds is 2. The lowest BCUT2D eigenvalue weighted by Crippen LogP contribution is -2.46. The van der Waals surface area contributed by atoms with E-state index in [0.29, 0.717) is 6.42 Å². The minimum Gasteiger partial charge on any atom is -0.480 e. The number of carbonyl (C=O) groups is 1. The van der Waals surface area contributed by atoms with E-state index in [-0.39, 0.29) is 11.9 Å². The summed E-state index contributed by atoms with van der Waals surface area (Å²) in [6, 6.07) is 8.00. The molecule has 2 aromatic rings. The molecule has 5 heteroatoms. The van der Waals surface area contributed by atoms with E-state index in [0.717, 1.165) is 42.2 Å². The van der Waals surface area contributed by atoms with Crippen molar-refractivity contribution in [1.29, 1.82) is 0 Å². The first-order valence-corrected chi connectivity index (χ1v) is 7.76. The van der Waals surface area contributed by atoms with E-state index < -0.39 is 6.10 Å². The van der Waals surface area contributed by atoms with E-state index in [4.69, 9.17) is 4.74 Å². The summed E-state index contributed by atoms with van der Waals surface area (Å²) < 4.78 is 7.90. The number of amides is 1. The van der Waals surface area contributed by atoms with Crippen LogP contribution < -0.4 is 10.1 Å². The Balaban J connectivity index is 1.40. The number of nitrogens with zero attached hydrogens (tertiary/aromatic N) is 2. The van der Waals surface area contributed by atoms with Crippen LogP contribution in [-0.2, 0) is 24.2 Å². The Hall–Kier alpha value is -2.30. The van der Waals surface area contributed by atoms with Crippen LogP contribution in [0.25, 0.3) is 0 Å². The lowest BCUT2D eigenvalue weighted by molar-refractivity contribution is -0.128. The molecular weight excluding hydrogens is 278 g/mol. The molecule has 114 valence electrons. The van der Waals surface area contributed by atoms with Crippen LogP contribution >= 0.6 is 0 Å². The van der Waals surface area contributed by atoms with Crippen LogP contribution in [0, 0.1) is 6.92 Å². The van der Waals surface area contributed by atoms with Gasteiger partial charge in [0, 0.05) is 31.6 Å². The molecule has 0 radical (unpaired) electrons. The lowest BCUT2D eigenvalue weighted by atomic mass is 10.1. The molecule has 0 saturated carbocycles. The van der Waals surface area contributed by atoms with Crippen molar-refractivity contribution in [3.8, 4) is 5.75 Å². The fraction of sp³-hybridized carbons (Fsp3) is 0.412. The highest BCUT2D eigenvalue weighted by Gasteiger charge is 2.31. The van der Waals surface area contributed by atoms with Gasteiger partial charge in [0.2, 0.25) is 0 Å². The summed E-state index contributed by atoms with van der Waals surface area (Å²) in [4.78, 5) is 16.9. The maximum absolute atomic E-state index is 12.4. The van der Waals surface area contributed by atoms with Crippen molar-refractivity contribution in [2.75, 3.05) is 0 Å². The van der Waals surface area contributed by atoms with Crippen molar-refractivity contribution >= 4 is 5.91 Å². The van der Waals surface area contributed by atoms with Gasteiger partial charge in [0.25, 0.3) is 5.91 Å². The van der Waals surface area contributed by atoms with Crippen molar-refractivity contribution in [1.82, 2.24) is 14.9 Å². The number of aryl methyl sites for hydroxylation is 2. The summed E-state index contributed by atoms with van der Waals surface area (Å²) in [6.45, 7) is 2.80. The molecule has 0 saturated heterocycles. The topological polar surface area (TPSA) is 56.2 Å². The lowest BCUT2D eigenvalue weighted by Gasteiger charge is -2.25. The van der Waals surface area contributed by atoms with Crippen molar-refractivity contribution in [2.24, 2.45) is 0 Å².